The van der Waals surface area contributed by atoms with E-state index in [1.165, 1.54) is 0 Å². The summed E-state index contributed by atoms with van der Waals surface area (Å²) in [7, 11) is -5.26. The number of hydrogen-bond acceptors (Lipinski definition) is 9. The van der Waals surface area contributed by atoms with Crippen LogP contribution >= 0.6 is 7.82 Å². The van der Waals surface area contributed by atoms with Crippen LogP contribution in [0.3, 0.4) is 0 Å². The summed E-state index contributed by atoms with van der Waals surface area (Å²) in [6, 6.07) is 0.997. The summed E-state index contributed by atoms with van der Waals surface area (Å²) in [5, 5.41) is 19.5. The molecule has 0 aromatic carbocycles. The number of rotatable bonds is 4. The summed E-state index contributed by atoms with van der Waals surface area (Å²) in [6.45, 7) is -0.808. The van der Waals surface area contributed by atoms with Crippen LogP contribution in [0.25, 0.3) is 0 Å². The summed E-state index contributed by atoms with van der Waals surface area (Å²) in [5.74, 6) is 0. The number of aliphatic hydroxyl groups excluding tert-OH is 2. The van der Waals surface area contributed by atoms with Gasteiger partial charge in [-0.25, -0.2) is 4.79 Å². The molecule has 118 valence electrons. The molecule has 4 unspecified atom stereocenters. The molecule has 14 heteroatoms. The van der Waals surface area contributed by atoms with Crippen molar-refractivity contribution in [3.05, 3.63) is 33.1 Å². The number of H-pyrrole nitrogens is 1. The molecule has 0 spiro atoms. The van der Waals surface area contributed by atoms with E-state index in [9.17, 15) is 34.2 Å². The molecule has 1 aliphatic rings. The van der Waals surface area contributed by atoms with Crippen LogP contribution in [0.5, 0.6) is 0 Å². The number of phosphoric ester groups is 1. The van der Waals surface area contributed by atoms with Gasteiger partial charge in [0.15, 0.2) is 6.23 Å². The summed E-state index contributed by atoms with van der Waals surface area (Å²) in [4.78, 5) is 45.2. The Kier molecular flexibility index (Phi) is 9.66. The molecule has 1 fully saturated rings. The minimum atomic E-state index is -5.26. The van der Waals surface area contributed by atoms with Crippen molar-refractivity contribution in [1.29, 1.82) is 0 Å². The van der Waals surface area contributed by atoms with Gasteiger partial charge in [0, 0.05) is 12.3 Å². The van der Waals surface area contributed by atoms with Gasteiger partial charge in [0.2, 0.25) is 0 Å². The zero-order valence-electron chi connectivity index (χ0n) is 12.3. The van der Waals surface area contributed by atoms with E-state index in [0.29, 0.717) is 0 Å². The fourth-order valence-corrected chi connectivity index (χ4v) is 2.22. The van der Waals surface area contributed by atoms with E-state index in [0.717, 1.165) is 16.8 Å². The molecule has 0 radical (unpaired) electrons. The number of ether oxygens (including phenoxy) is 1. The zero-order valence-corrected chi connectivity index (χ0v) is 17.2. The van der Waals surface area contributed by atoms with Gasteiger partial charge in [0.1, 0.15) is 18.3 Å². The SMILES string of the molecule is O=c1cc[15n](C2OC(COP(=O)([O-])[O-])C(O)C2O)c(=O)[15nH]1.[Na+].[Na+]. The number of nitrogens with one attached hydrogen (secondary N) is 1. The van der Waals surface area contributed by atoms with Crippen LogP contribution in [0.15, 0.2) is 21.9 Å². The van der Waals surface area contributed by atoms with Crippen molar-refractivity contribution in [3.8, 4) is 0 Å². The van der Waals surface area contributed by atoms with Gasteiger partial charge in [0.25, 0.3) is 5.56 Å². The Morgan fingerprint density at radius 1 is 1.30 bits per heavy atom. The maximum absolute atomic E-state index is 11.6. The molecular formula is C9H11N2Na2O9P. The first-order valence-electron chi connectivity index (χ1n) is 5.69. The number of aliphatic hydroxyl groups is 2. The number of aromatic amines is 1. The Labute approximate surface area is 173 Å². The normalized spacial score (nSPS) is 27.1. The van der Waals surface area contributed by atoms with E-state index in [1.807, 2.05) is 4.98 Å². The van der Waals surface area contributed by atoms with Crippen molar-refractivity contribution in [2.45, 2.75) is 24.5 Å². The molecule has 0 saturated carbocycles. The van der Waals surface area contributed by atoms with Gasteiger partial charge < -0.3 is 33.8 Å². The van der Waals surface area contributed by atoms with E-state index >= 15 is 0 Å². The van der Waals surface area contributed by atoms with Crippen LogP contribution in [0, 0.1) is 0 Å². The van der Waals surface area contributed by atoms with Crippen LogP contribution in [-0.2, 0) is 13.8 Å². The first-order chi connectivity index (χ1) is 9.69. The number of aromatic nitrogens is 2. The maximum atomic E-state index is 11.6. The third kappa shape index (κ3) is 6.15. The topological polar surface area (TPSA) is 177 Å². The first kappa shape index (κ1) is 23.7. The molecule has 2 heterocycles. The molecule has 0 amide bonds. The molecule has 1 aliphatic heterocycles. The number of phosphoric acid groups is 1. The predicted molar refractivity (Wildman–Crippen MR) is 60.8 cm³/mol. The minimum Gasteiger partial charge on any atom is -0.790 e. The molecule has 23 heavy (non-hydrogen) atoms. The van der Waals surface area contributed by atoms with Gasteiger partial charge in [-0.05, 0) is 0 Å². The summed E-state index contributed by atoms with van der Waals surface area (Å²) >= 11 is 0. The van der Waals surface area contributed by atoms with Crippen molar-refractivity contribution in [2.75, 3.05) is 6.61 Å². The molecule has 1 saturated heterocycles. The molecule has 3 N–H and O–H groups in total. The number of nitrogens with zero attached hydrogens (tertiary/aromatic N) is 1. The second-order valence-corrected chi connectivity index (χ2v) is 5.46. The largest absolute Gasteiger partial charge is 1.00 e. The maximum Gasteiger partial charge on any atom is 1.00 e. The van der Waals surface area contributed by atoms with Gasteiger partial charge in [-0.15, -0.1) is 0 Å². The monoisotopic (exact) mass is 370 g/mol. The third-order valence-electron chi connectivity index (χ3n) is 2.86. The van der Waals surface area contributed by atoms with E-state index in [4.69, 9.17) is 4.74 Å². The molecule has 2 rings (SSSR count). The second kappa shape index (κ2) is 9.39. The van der Waals surface area contributed by atoms with Crippen LogP contribution < -0.4 is 80.2 Å². The van der Waals surface area contributed by atoms with E-state index in [1.54, 1.807) is 0 Å². The molecule has 11 nitrogen and oxygen atoms in total. The average Bonchev–Trinajstić information content (AvgIpc) is 2.64. The van der Waals surface area contributed by atoms with Crippen LogP contribution in [0.1, 0.15) is 6.23 Å². The van der Waals surface area contributed by atoms with Crippen LogP contribution in [0.2, 0.25) is 0 Å². The summed E-state index contributed by atoms with van der Waals surface area (Å²) in [6.07, 6.45) is -4.83. The van der Waals surface area contributed by atoms with Gasteiger partial charge in [-0.2, -0.15) is 0 Å². The fraction of sp³-hybridized carbons (Fsp3) is 0.556. The first-order valence-corrected chi connectivity index (χ1v) is 7.15. The number of hydrogen-bond donors (Lipinski definition) is 3. The molecule has 1 aromatic rings. The Morgan fingerprint density at radius 2 is 1.91 bits per heavy atom. The molecule has 4 atom stereocenters. The van der Waals surface area contributed by atoms with Gasteiger partial charge in [0.05, 0.1) is 14.4 Å². The Morgan fingerprint density at radius 3 is 2.43 bits per heavy atom. The van der Waals surface area contributed by atoms with Crippen molar-refractivity contribution in [1.82, 2.24) is 9.55 Å². The van der Waals surface area contributed by atoms with Crippen LogP contribution in [-0.4, -0.2) is 44.7 Å². The molecule has 0 bridgehead atoms. The van der Waals surface area contributed by atoms with Gasteiger partial charge >= 0.3 is 64.8 Å². The van der Waals surface area contributed by atoms with E-state index in [-0.39, 0.29) is 59.1 Å². The minimum absolute atomic E-state index is 0. The van der Waals surface area contributed by atoms with Crippen molar-refractivity contribution in [2.24, 2.45) is 0 Å². The van der Waals surface area contributed by atoms with Crippen LogP contribution in [0.4, 0.5) is 0 Å². The average molecular weight is 370 g/mol. The summed E-state index contributed by atoms with van der Waals surface area (Å²) in [5.41, 5.74) is -1.55. The smallest absolute Gasteiger partial charge is 0.790 e. The second-order valence-electron chi connectivity index (χ2n) is 4.31. The van der Waals surface area contributed by atoms with Gasteiger partial charge in [-0.3, -0.25) is 14.3 Å². The molecule has 0 aliphatic carbocycles. The van der Waals surface area contributed by atoms with Crippen molar-refractivity contribution in [3.63, 3.8) is 0 Å². The quantitative estimate of drug-likeness (QED) is 0.343. The third-order valence-corrected chi connectivity index (χ3v) is 3.32. The van der Waals surface area contributed by atoms with E-state index in [2.05, 4.69) is 4.52 Å². The summed E-state index contributed by atoms with van der Waals surface area (Å²) < 4.78 is 20.3. The van der Waals surface area contributed by atoms with Crippen molar-refractivity contribution < 1.29 is 92.9 Å². The standard InChI is InChI=1S/C9H13N2O9P.2Na/c12-5-1-2-11(9(15)10-5)8-7(14)6(13)4(20-8)3-19-21(16,17)18;;/h1-2,4,6-8,13-14H,3H2,(H,10,12,15)(H2,16,17,18);;/q;2*+1/p-2/i10+1,11+1;;. The fourth-order valence-electron chi connectivity index (χ4n) is 1.89. The molecular weight excluding hydrogens is 359 g/mol. The Hall–Kier alpha value is 0.670. The Bertz CT molecular complexity index is 673. The zero-order chi connectivity index (χ0) is 15.8. The molecule has 1 aromatic heterocycles. The predicted octanol–water partition coefficient (Wildman–Crippen LogP) is -9.99. The van der Waals surface area contributed by atoms with Gasteiger partial charge in [-0.1, -0.05) is 0 Å². The Balaban J connectivity index is 0.00000242. The van der Waals surface area contributed by atoms with Crippen molar-refractivity contribution >= 4 is 7.82 Å². The van der Waals surface area contributed by atoms with E-state index < -0.39 is 50.2 Å².